The number of hydrogen-bond donors (Lipinski definition) is 2. The molecule has 3 rings (SSSR count). The van der Waals surface area contributed by atoms with Gasteiger partial charge in [-0.3, -0.25) is 19.4 Å². The Bertz CT molecular complexity index is 1100. The molecule has 1 fully saturated rings. The highest BCUT2D eigenvalue weighted by Crippen LogP contribution is 2.46. The van der Waals surface area contributed by atoms with Crippen molar-refractivity contribution >= 4 is 35.6 Å². The SMILES string of the molecule is C/C(=N\C(C)(C)N(C=O)C(c1ccc(C(=O)NCCC(=O)O)cc1)C1CC1)c1cc(C)cc(Cl)c1.CC. The number of hydrogen-bond acceptors (Lipinski definition) is 4. The van der Waals surface area contributed by atoms with Gasteiger partial charge in [0.05, 0.1) is 12.5 Å². The molecule has 0 bridgehead atoms. The van der Waals surface area contributed by atoms with Gasteiger partial charge in [-0.25, -0.2) is 0 Å². The molecule has 0 aromatic heterocycles. The molecule has 0 saturated heterocycles. The van der Waals surface area contributed by atoms with Gasteiger partial charge in [0.25, 0.3) is 5.91 Å². The van der Waals surface area contributed by atoms with Crippen LogP contribution in [0, 0.1) is 12.8 Å². The van der Waals surface area contributed by atoms with Gasteiger partial charge in [-0.15, -0.1) is 0 Å². The van der Waals surface area contributed by atoms with Crippen molar-refractivity contribution in [2.45, 2.75) is 72.5 Å². The smallest absolute Gasteiger partial charge is 0.305 e. The summed E-state index contributed by atoms with van der Waals surface area (Å²) in [5.74, 6) is -0.975. The lowest BCUT2D eigenvalue weighted by molar-refractivity contribution is -0.136. The fourth-order valence-electron chi connectivity index (χ4n) is 4.30. The molecule has 1 atom stereocenters. The van der Waals surface area contributed by atoms with Crippen LogP contribution in [-0.4, -0.2) is 46.2 Å². The Morgan fingerprint density at radius 1 is 1.16 bits per heavy atom. The zero-order valence-electron chi connectivity index (χ0n) is 22.5. The Morgan fingerprint density at radius 3 is 2.30 bits per heavy atom. The van der Waals surface area contributed by atoms with E-state index in [1.54, 1.807) is 17.0 Å². The first-order chi connectivity index (χ1) is 17.5. The lowest BCUT2D eigenvalue weighted by Crippen LogP contribution is -2.45. The quantitative estimate of drug-likeness (QED) is 0.275. The summed E-state index contributed by atoms with van der Waals surface area (Å²) in [5, 5.41) is 12.0. The zero-order chi connectivity index (χ0) is 27.8. The lowest BCUT2D eigenvalue weighted by atomic mass is 9.96. The van der Waals surface area contributed by atoms with Crippen molar-refractivity contribution in [3.05, 3.63) is 69.7 Å². The number of aliphatic imine (C=N–C) groups is 1. The van der Waals surface area contributed by atoms with Gasteiger partial charge < -0.3 is 15.3 Å². The molecule has 2 aromatic carbocycles. The van der Waals surface area contributed by atoms with Gasteiger partial charge in [0.15, 0.2) is 0 Å². The third-order valence-electron chi connectivity index (χ3n) is 6.15. The third-order valence-corrected chi connectivity index (χ3v) is 6.37. The average Bonchev–Trinajstić information content (AvgIpc) is 3.67. The van der Waals surface area contributed by atoms with Gasteiger partial charge in [0.2, 0.25) is 6.41 Å². The molecule has 8 heteroatoms. The van der Waals surface area contributed by atoms with E-state index < -0.39 is 11.6 Å². The minimum atomic E-state index is -0.965. The summed E-state index contributed by atoms with van der Waals surface area (Å²) in [6.07, 6.45) is 2.75. The predicted octanol–water partition coefficient (Wildman–Crippen LogP) is 6.03. The van der Waals surface area contributed by atoms with Crippen molar-refractivity contribution in [2.75, 3.05) is 6.54 Å². The van der Waals surface area contributed by atoms with E-state index in [2.05, 4.69) is 5.32 Å². The number of aryl methyl sites for hydroxylation is 1. The fourth-order valence-corrected chi connectivity index (χ4v) is 4.59. The number of nitrogens with one attached hydrogen (secondary N) is 1. The largest absolute Gasteiger partial charge is 0.481 e. The summed E-state index contributed by atoms with van der Waals surface area (Å²) < 4.78 is 0. The maximum Gasteiger partial charge on any atom is 0.305 e. The molecule has 1 saturated carbocycles. The minimum absolute atomic E-state index is 0.0667. The van der Waals surface area contributed by atoms with Gasteiger partial charge in [-0.2, -0.15) is 0 Å². The Morgan fingerprint density at radius 2 is 1.78 bits per heavy atom. The number of aliphatic carboxylic acids is 1. The number of carbonyl (C=O) groups excluding carboxylic acids is 2. The summed E-state index contributed by atoms with van der Waals surface area (Å²) in [4.78, 5) is 42.0. The predicted molar refractivity (Wildman–Crippen MR) is 148 cm³/mol. The first-order valence-corrected chi connectivity index (χ1v) is 13.1. The second kappa shape index (κ2) is 13.4. The molecular formula is C29H38ClN3O4. The van der Waals surface area contributed by atoms with Crippen LogP contribution in [0.5, 0.6) is 0 Å². The highest BCUT2D eigenvalue weighted by atomic mass is 35.5. The maximum absolute atomic E-state index is 12.4. The summed E-state index contributed by atoms with van der Waals surface area (Å²) >= 11 is 6.24. The van der Waals surface area contributed by atoms with E-state index >= 15 is 0 Å². The van der Waals surface area contributed by atoms with E-state index in [0.717, 1.165) is 41.7 Å². The average molecular weight is 528 g/mol. The Labute approximate surface area is 224 Å². The monoisotopic (exact) mass is 527 g/mol. The molecule has 37 heavy (non-hydrogen) atoms. The molecule has 7 nitrogen and oxygen atoms in total. The van der Waals surface area contributed by atoms with E-state index in [1.807, 2.05) is 71.9 Å². The highest BCUT2D eigenvalue weighted by molar-refractivity contribution is 6.31. The van der Waals surface area contributed by atoms with Gasteiger partial charge >= 0.3 is 5.97 Å². The van der Waals surface area contributed by atoms with E-state index in [4.69, 9.17) is 21.7 Å². The van der Waals surface area contributed by atoms with Crippen molar-refractivity contribution in [3.63, 3.8) is 0 Å². The van der Waals surface area contributed by atoms with Crippen molar-refractivity contribution in [2.24, 2.45) is 10.9 Å². The lowest BCUT2D eigenvalue weighted by Gasteiger charge is -2.39. The number of benzene rings is 2. The Hall–Kier alpha value is -3.19. The van der Waals surface area contributed by atoms with Crippen LogP contribution in [0.3, 0.4) is 0 Å². The molecule has 1 aliphatic rings. The van der Waals surface area contributed by atoms with Gasteiger partial charge in [0, 0.05) is 22.8 Å². The number of carbonyl (C=O) groups is 3. The van der Waals surface area contributed by atoms with Gasteiger partial charge in [-0.05, 0) is 87.4 Å². The van der Waals surface area contributed by atoms with Gasteiger partial charge in [-0.1, -0.05) is 43.6 Å². The van der Waals surface area contributed by atoms with Crippen LogP contribution in [0.4, 0.5) is 0 Å². The molecule has 0 aliphatic heterocycles. The molecule has 1 unspecified atom stereocenters. The molecule has 0 spiro atoms. The summed E-state index contributed by atoms with van der Waals surface area (Å²) in [5.41, 5.74) is 3.29. The molecule has 2 aromatic rings. The molecule has 0 radical (unpaired) electrons. The van der Waals surface area contributed by atoms with Gasteiger partial charge in [0.1, 0.15) is 5.66 Å². The van der Waals surface area contributed by atoms with Crippen molar-refractivity contribution < 1.29 is 19.5 Å². The highest BCUT2D eigenvalue weighted by Gasteiger charge is 2.41. The standard InChI is InChI=1S/C27H32ClN3O4.C2H6/c1-17-13-22(15-23(28)14-17)18(2)30-27(3,4)31(16-32)25(19-5-6-19)20-7-9-21(10-8-20)26(35)29-12-11-24(33)34;1-2/h7-10,13-16,19,25H,5-6,11-12H2,1-4H3,(H,29,35)(H,33,34);1-2H3/b30-18+;. The van der Waals surface area contributed by atoms with Crippen molar-refractivity contribution in [3.8, 4) is 0 Å². The van der Waals surface area contributed by atoms with Crippen LogP contribution in [0.2, 0.25) is 5.02 Å². The van der Waals surface area contributed by atoms with E-state index in [1.165, 1.54) is 0 Å². The molecule has 200 valence electrons. The first kappa shape index (κ1) is 30.0. The third kappa shape index (κ3) is 8.42. The molecule has 0 heterocycles. The molecule has 2 amide bonds. The first-order valence-electron chi connectivity index (χ1n) is 12.7. The Balaban J connectivity index is 0.00000235. The number of carboxylic acid groups (broad SMARTS) is 1. The van der Waals surface area contributed by atoms with Crippen LogP contribution >= 0.6 is 11.6 Å². The summed E-state index contributed by atoms with van der Waals surface area (Å²) in [6.45, 7) is 11.8. The molecule has 1 aliphatic carbocycles. The normalized spacial score (nSPS) is 14.2. The number of carboxylic acids is 1. The summed E-state index contributed by atoms with van der Waals surface area (Å²) in [7, 11) is 0. The topological polar surface area (TPSA) is 99.1 Å². The Kier molecular flexibility index (Phi) is 10.9. The second-order valence-electron chi connectivity index (χ2n) is 9.53. The van der Waals surface area contributed by atoms with E-state index in [0.29, 0.717) is 16.5 Å². The van der Waals surface area contributed by atoms with Crippen LogP contribution in [0.1, 0.15) is 87.0 Å². The van der Waals surface area contributed by atoms with Crippen LogP contribution in [0.25, 0.3) is 0 Å². The molecule has 2 N–H and O–H groups in total. The zero-order valence-corrected chi connectivity index (χ0v) is 23.3. The van der Waals surface area contributed by atoms with Crippen LogP contribution in [-0.2, 0) is 9.59 Å². The maximum atomic E-state index is 12.4. The summed E-state index contributed by atoms with van der Waals surface area (Å²) in [6, 6.07) is 12.7. The van der Waals surface area contributed by atoms with E-state index in [-0.39, 0.29) is 24.9 Å². The van der Waals surface area contributed by atoms with Crippen LogP contribution in [0.15, 0.2) is 47.5 Å². The number of rotatable bonds is 11. The second-order valence-corrected chi connectivity index (χ2v) is 9.96. The van der Waals surface area contributed by atoms with Crippen molar-refractivity contribution in [1.82, 2.24) is 10.2 Å². The minimum Gasteiger partial charge on any atom is -0.481 e. The van der Waals surface area contributed by atoms with E-state index in [9.17, 15) is 14.4 Å². The van der Waals surface area contributed by atoms with Crippen molar-refractivity contribution in [1.29, 1.82) is 0 Å². The number of nitrogens with zero attached hydrogens (tertiary/aromatic N) is 2. The fraction of sp³-hybridized carbons (Fsp3) is 0.448. The number of halogens is 1. The molecular weight excluding hydrogens is 490 g/mol. The number of amides is 2. The van der Waals surface area contributed by atoms with Crippen LogP contribution < -0.4 is 5.32 Å².